The predicted molar refractivity (Wildman–Crippen MR) is 140 cm³/mol. The molecule has 1 aromatic carbocycles. The largest absolute Gasteiger partial charge is 0.454 e. The second-order valence-electron chi connectivity index (χ2n) is 8.94. The van der Waals surface area contributed by atoms with Crippen LogP contribution in [0.3, 0.4) is 0 Å². The number of hydrogen-bond donors (Lipinski definition) is 2. The number of nitrogens with zero attached hydrogens (tertiary/aromatic N) is 5. The highest BCUT2D eigenvalue weighted by molar-refractivity contribution is 9.10. The molecule has 3 aromatic rings. The molecule has 2 aromatic heterocycles. The number of anilines is 1. The molecule has 13 nitrogen and oxygen atoms in total. The predicted octanol–water partition coefficient (Wildman–Crippen LogP) is 2.89. The lowest BCUT2D eigenvalue weighted by molar-refractivity contribution is -0.139. The number of carbonyl (C=O) groups excluding carboxylic acids is 1. The number of aromatic nitrogens is 4. The number of nitrogens with two attached hydrogens (primary N) is 1. The van der Waals surface area contributed by atoms with E-state index in [2.05, 4.69) is 30.1 Å². The van der Waals surface area contributed by atoms with Gasteiger partial charge in [-0.05, 0) is 60.2 Å². The van der Waals surface area contributed by atoms with Crippen LogP contribution in [0.1, 0.15) is 26.2 Å². The van der Waals surface area contributed by atoms with E-state index in [1.807, 2.05) is 16.7 Å². The Morgan fingerprint density at radius 1 is 1.29 bits per heavy atom. The van der Waals surface area contributed by atoms with E-state index in [0.29, 0.717) is 59.2 Å². The molecule has 0 spiro atoms. The smallest absolute Gasteiger partial charge is 0.398 e. The first kappa shape index (κ1) is 26.9. The Labute approximate surface area is 231 Å². The number of imidazole rings is 1. The molecule has 1 unspecified atom stereocenters. The number of fused-ring (bicyclic) bond motifs is 2. The van der Waals surface area contributed by atoms with Gasteiger partial charge in [-0.3, -0.25) is 9.35 Å². The van der Waals surface area contributed by atoms with Crippen molar-refractivity contribution in [1.82, 2.24) is 24.4 Å². The molecular weight excluding hydrogens is 604 g/mol. The Bertz CT molecular complexity index is 1480. The molecule has 3 N–H and O–H groups in total. The van der Waals surface area contributed by atoms with Gasteiger partial charge in [-0.25, -0.2) is 19.1 Å². The number of carbonyl (C=O) groups is 1. The highest BCUT2D eigenvalue weighted by atomic mass is 79.9. The molecule has 1 amide bonds. The van der Waals surface area contributed by atoms with Crippen LogP contribution in [-0.2, 0) is 25.9 Å². The Balaban J connectivity index is 1.29. The van der Waals surface area contributed by atoms with Crippen molar-refractivity contribution in [2.24, 2.45) is 5.92 Å². The number of hydrogen-bond acceptors (Lipinski definition) is 11. The number of aryl methyl sites for hydroxylation is 1. The van der Waals surface area contributed by atoms with Gasteiger partial charge in [0.2, 0.25) is 6.79 Å². The lowest BCUT2D eigenvalue weighted by Crippen LogP contribution is -2.44. The summed E-state index contributed by atoms with van der Waals surface area (Å²) in [6.07, 6.45) is 2.43. The fourth-order valence-electron chi connectivity index (χ4n) is 4.52. The third-order valence-corrected chi connectivity index (χ3v) is 8.96. The summed E-state index contributed by atoms with van der Waals surface area (Å²) in [7, 11) is -4.70. The molecule has 204 valence electrons. The van der Waals surface area contributed by atoms with Gasteiger partial charge in [-0.2, -0.15) is 8.42 Å². The Morgan fingerprint density at radius 2 is 2.00 bits per heavy atom. The van der Waals surface area contributed by atoms with Crippen LogP contribution < -0.4 is 15.2 Å². The second kappa shape index (κ2) is 10.8. The first-order chi connectivity index (χ1) is 18.1. The number of rotatable bonds is 8. The molecule has 0 radical (unpaired) electrons. The molecule has 1 saturated heterocycles. The molecule has 16 heteroatoms. The monoisotopic (exact) mass is 628 g/mol. The number of halogens is 1. The molecule has 1 atom stereocenters. The van der Waals surface area contributed by atoms with Crippen molar-refractivity contribution >= 4 is 61.0 Å². The maximum absolute atomic E-state index is 12.5. The van der Waals surface area contributed by atoms with Crippen LogP contribution in [0.4, 0.5) is 5.82 Å². The van der Waals surface area contributed by atoms with Crippen LogP contribution in [0.25, 0.3) is 11.2 Å². The van der Waals surface area contributed by atoms with Gasteiger partial charge in [0.05, 0.1) is 0 Å². The molecule has 1 fully saturated rings. The van der Waals surface area contributed by atoms with Crippen molar-refractivity contribution in [1.29, 1.82) is 0 Å². The SMILES string of the molecule is CC(OS(=O)(=O)O)C(=O)N1CCC(CCn2c(Sc3cc4c(cc3Br)OCO4)nc3c(N)ncnc32)CC1. The Kier molecular flexibility index (Phi) is 7.68. The number of amides is 1. The van der Waals surface area contributed by atoms with E-state index in [9.17, 15) is 13.2 Å². The van der Waals surface area contributed by atoms with E-state index >= 15 is 0 Å². The summed E-state index contributed by atoms with van der Waals surface area (Å²) in [6.45, 7) is 3.04. The average Bonchev–Trinajstić information content (AvgIpc) is 3.46. The zero-order valence-corrected chi connectivity index (χ0v) is 23.5. The quantitative estimate of drug-likeness (QED) is 0.350. The van der Waals surface area contributed by atoms with Gasteiger partial charge in [-0.15, -0.1) is 0 Å². The van der Waals surface area contributed by atoms with Crippen LogP contribution >= 0.6 is 27.7 Å². The summed E-state index contributed by atoms with van der Waals surface area (Å²) < 4.78 is 48.9. The third-order valence-electron chi connectivity index (χ3n) is 6.45. The minimum Gasteiger partial charge on any atom is -0.454 e. The van der Waals surface area contributed by atoms with Crippen molar-refractivity contribution < 1.29 is 31.4 Å². The zero-order chi connectivity index (χ0) is 27.0. The van der Waals surface area contributed by atoms with Crippen molar-refractivity contribution in [2.45, 2.75) is 48.9 Å². The molecular formula is C22H25BrN6O7S2. The Hall–Kier alpha value is -2.66. The van der Waals surface area contributed by atoms with Crippen LogP contribution in [-0.4, -0.2) is 69.3 Å². The lowest BCUT2D eigenvalue weighted by atomic mass is 9.93. The van der Waals surface area contributed by atoms with Crippen LogP contribution in [0.15, 0.2) is 33.0 Å². The van der Waals surface area contributed by atoms with Crippen molar-refractivity contribution in [2.75, 3.05) is 25.6 Å². The fraction of sp³-hybridized carbons (Fsp3) is 0.455. The summed E-state index contributed by atoms with van der Waals surface area (Å²) >= 11 is 5.05. The van der Waals surface area contributed by atoms with E-state index in [1.54, 1.807) is 4.90 Å². The van der Waals surface area contributed by atoms with Gasteiger partial charge >= 0.3 is 10.4 Å². The third kappa shape index (κ3) is 5.83. The van der Waals surface area contributed by atoms with E-state index in [1.165, 1.54) is 25.0 Å². The minimum atomic E-state index is -4.70. The number of piperidine rings is 1. The summed E-state index contributed by atoms with van der Waals surface area (Å²) in [5.74, 6) is 1.49. The van der Waals surface area contributed by atoms with Gasteiger partial charge < -0.3 is 24.7 Å². The average molecular weight is 630 g/mol. The highest BCUT2D eigenvalue weighted by Crippen LogP contribution is 2.43. The van der Waals surface area contributed by atoms with Gasteiger partial charge in [0.15, 0.2) is 39.7 Å². The van der Waals surface area contributed by atoms with E-state index in [4.69, 9.17) is 24.7 Å². The zero-order valence-electron chi connectivity index (χ0n) is 20.2. The summed E-state index contributed by atoms with van der Waals surface area (Å²) in [4.78, 5) is 28.2. The van der Waals surface area contributed by atoms with Gasteiger partial charge in [0.25, 0.3) is 5.91 Å². The lowest BCUT2D eigenvalue weighted by Gasteiger charge is -2.33. The topological polar surface area (TPSA) is 172 Å². The van der Waals surface area contributed by atoms with Gasteiger partial charge in [0.1, 0.15) is 6.33 Å². The summed E-state index contributed by atoms with van der Waals surface area (Å²) in [5.41, 5.74) is 7.27. The Morgan fingerprint density at radius 3 is 2.71 bits per heavy atom. The van der Waals surface area contributed by atoms with Crippen LogP contribution in [0.2, 0.25) is 0 Å². The van der Waals surface area contributed by atoms with E-state index in [0.717, 1.165) is 28.6 Å². The first-order valence-corrected chi connectivity index (χ1v) is 14.7. The number of nitrogen functional groups attached to an aromatic ring is 1. The number of benzene rings is 1. The molecule has 4 heterocycles. The minimum absolute atomic E-state index is 0.178. The fourth-order valence-corrected chi connectivity index (χ4v) is 6.48. The molecule has 2 aliphatic rings. The van der Waals surface area contributed by atoms with E-state index < -0.39 is 22.4 Å². The van der Waals surface area contributed by atoms with E-state index in [-0.39, 0.29) is 6.79 Å². The molecule has 5 rings (SSSR count). The highest BCUT2D eigenvalue weighted by Gasteiger charge is 2.29. The van der Waals surface area contributed by atoms with Crippen LogP contribution in [0.5, 0.6) is 11.5 Å². The van der Waals surface area contributed by atoms with Crippen molar-refractivity contribution in [3.05, 3.63) is 22.9 Å². The number of ether oxygens (including phenoxy) is 2. The molecule has 0 aliphatic carbocycles. The van der Waals surface area contributed by atoms with Gasteiger partial charge in [0, 0.05) is 29.0 Å². The molecule has 0 bridgehead atoms. The second-order valence-corrected chi connectivity index (χ2v) is 11.8. The molecule has 38 heavy (non-hydrogen) atoms. The maximum atomic E-state index is 12.5. The molecule has 2 aliphatic heterocycles. The van der Waals surface area contributed by atoms with Crippen molar-refractivity contribution in [3.63, 3.8) is 0 Å². The number of likely N-dealkylation sites (tertiary alicyclic amines) is 1. The van der Waals surface area contributed by atoms with Crippen LogP contribution in [0, 0.1) is 5.92 Å². The normalized spacial score (nSPS) is 16.8. The van der Waals surface area contributed by atoms with Crippen molar-refractivity contribution in [3.8, 4) is 11.5 Å². The molecule has 0 saturated carbocycles. The summed E-state index contributed by atoms with van der Waals surface area (Å²) in [5, 5.41) is 0.704. The first-order valence-electron chi connectivity index (χ1n) is 11.8. The summed E-state index contributed by atoms with van der Waals surface area (Å²) in [6, 6.07) is 3.76. The standard InChI is InChI=1S/C22H25BrN6O7S2/c1-12(36-38(31,32)33)21(30)28-5-2-13(3-6-28)4-7-29-20-18(19(24)25-10-26-20)27-22(29)37-17-9-16-15(8-14(17)23)34-11-35-16/h8-10,12-13H,2-7,11H2,1H3,(H2,24,25,26)(H,31,32,33). The maximum Gasteiger partial charge on any atom is 0.398 e. The van der Waals surface area contributed by atoms with Gasteiger partial charge in [-0.1, -0.05) is 11.8 Å².